The van der Waals surface area contributed by atoms with Gasteiger partial charge in [-0.1, -0.05) is 57.5 Å². The van der Waals surface area contributed by atoms with Crippen molar-refractivity contribution in [3.63, 3.8) is 0 Å². The van der Waals surface area contributed by atoms with E-state index in [1.54, 1.807) is 30.3 Å². The molecule has 2 N–H and O–H groups in total. The van der Waals surface area contributed by atoms with Gasteiger partial charge in [-0.15, -0.1) is 0 Å². The monoisotopic (exact) mass is 391 g/mol. The third kappa shape index (κ3) is 4.15. The Hall–Kier alpha value is -2.12. The molecular weight excluding hydrogens is 362 g/mol. The fourth-order valence-corrected chi connectivity index (χ4v) is 4.20. The molecule has 6 atom stereocenters. The molecule has 3 rings (SSSR count). The zero-order valence-corrected chi connectivity index (χ0v) is 16.5. The number of aliphatic hydroxyl groups excluding tert-OH is 2. The summed E-state index contributed by atoms with van der Waals surface area (Å²) >= 11 is 0. The van der Waals surface area contributed by atoms with Crippen molar-refractivity contribution in [2.24, 2.45) is 17.8 Å². The van der Waals surface area contributed by atoms with Gasteiger partial charge in [-0.05, 0) is 36.2 Å². The number of esters is 1. The molecule has 1 aliphatic heterocycles. The smallest absolute Gasteiger partial charge is 0.408 e. The van der Waals surface area contributed by atoms with Crippen LogP contribution in [-0.2, 0) is 14.4 Å². The van der Waals surface area contributed by atoms with Gasteiger partial charge in [0, 0.05) is 0 Å². The van der Waals surface area contributed by atoms with Crippen LogP contribution in [0.4, 0.5) is 0 Å². The van der Waals surface area contributed by atoms with Crippen LogP contribution in [-0.4, -0.2) is 45.1 Å². The first-order valence-electron chi connectivity index (χ1n) is 9.92. The Morgan fingerprint density at radius 3 is 2.61 bits per heavy atom. The molecule has 1 aliphatic carbocycles. The van der Waals surface area contributed by atoms with Crippen molar-refractivity contribution in [3.05, 3.63) is 41.1 Å². The van der Waals surface area contributed by atoms with E-state index in [1.165, 1.54) is 0 Å². The number of aliphatic hydroxyl groups is 2. The number of hydrogen-bond donors (Lipinski definition) is 2. The zero-order valence-electron chi connectivity index (χ0n) is 16.5. The molecule has 0 bridgehead atoms. The van der Waals surface area contributed by atoms with Gasteiger partial charge in [0.05, 0.1) is 11.0 Å². The summed E-state index contributed by atoms with van der Waals surface area (Å²) in [6.07, 6.45) is -1.63. The third-order valence-corrected chi connectivity index (χ3v) is 5.89. The molecule has 7 heteroatoms. The first kappa shape index (κ1) is 20.6. The molecule has 1 saturated carbocycles. The molecular formula is C21H29NO6. The maximum atomic E-state index is 12.7. The van der Waals surface area contributed by atoms with Crippen LogP contribution < -0.4 is 0 Å². The van der Waals surface area contributed by atoms with Crippen molar-refractivity contribution in [1.29, 1.82) is 0 Å². The van der Waals surface area contributed by atoms with E-state index >= 15 is 0 Å². The van der Waals surface area contributed by atoms with E-state index in [0.717, 1.165) is 19.3 Å². The van der Waals surface area contributed by atoms with E-state index in [9.17, 15) is 20.2 Å². The lowest BCUT2D eigenvalue weighted by atomic mass is 9.75. The number of rotatable bonds is 5. The maximum absolute atomic E-state index is 12.7. The van der Waals surface area contributed by atoms with Gasteiger partial charge in [-0.3, -0.25) is 5.21 Å². The van der Waals surface area contributed by atoms with Crippen molar-refractivity contribution in [2.75, 3.05) is 0 Å². The highest BCUT2D eigenvalue weighted by molar-refractivity contribution is 6.36. The van der Waals surface area contributed by atoms with Crippen LogP contribution in [0.3, 0.4) is 0 Å². The lowest BCUT2D eigenvalue weighted by Gasteiger charge is -2.36. The number of carbonyl (C=O) groups excluding carboxylic acids is 1. The van der Waals surface area contributed by atoms with E-state index in [-0.39, 0.29) is 16.9 Å². The number of hydrogen-bond acceptors (Lipinski definition) is 6. The first-order valence-corrected chi connectivity index (χ1v) is 9.92. The Kier molecular flexibility index (Phi) is 6.25. The predicted octanol–water partition coefficient (Wildman–Crippen LogP) is 2.35. The molecule has 0 radical (unpaired) electrons. The van der Waals surface area contributed by atoms with Gasteiger partial charge < -0.3 is 19.8 Å². The predicted molar refractivity (Wildman–Crippen MR) is 102 cm³/mol. The Balaban J connectivity index is 1.72. The summed E-state index contributed by atoms with van der Waals surface area (Å²) in [6.45, 7) is 6.30. The number of benzene rings is 1. The van der Waals surface area contributed by atoms with Crippen LogP contribution >= 0.6 is 0 Å². The van der Waals surface area contributed by atoms with Gasteiger partial charge in [-0.2, -0.15) is 0 Å². The lowest BCUT2D eigenvalue weighted by molar-refractivity contribution is -0.742. The molecule has 1 aromatic rings. The largest absolute Gasteiger partial charge is 0.454 e. The quantitative estimate of drug-likeness (QED) is 0.590. The number of carbonyl (C=O) groups is 1. The average Bonchev–Trinajstić information content (AvgIpc) is 2.96. The Morgan fingerprint density at radius 1 is 1.29 bits per heavy atom. The Morgan fingerprint density at radius 2 is 1.96 bits per heavy atom. The average molecular weight is 391 g/mol. The summed E-state index contributed by atoms with van der Waals surface area (Å²) in [5, 5.41) is 33.2. The molecule has 1 fully saturated rings. The van der Waals surface area contributed by atoms with E-state index in [2.05, 4.69) is 20.8 Å². The Bertz CT molecular complexity index is 719. The fourth-order valence-electron chi connectivity index (χ4n) is 4.20. The summed E-state index contributed by atoms with van der Waals surface area (Å²) in [5.41, 5.74) is -0.0312. The molecule has 0 amide bonds. The number of nitrogens with zero attached hydrogens (tertiary/aromatic N) is 1. The number of ether oxygens (including phenoxy) is 1. The standard InChI is InChI=1S/C21H29NO6/c1-12(2)15-10-9-13(3)11-16(15)27-21(25)17-19(24)20(28-22(17)26)18(23)14-7-5-4-6-8-14/h4-8,12-13,15-16,18-20,23-24H,9-11H2,1-3H3/t13-,15+,16-,18+,19-,20+/m1/s1. The summed E-state index contributed by atoms with van der Waals surface area (Å²) in [4.78, 5) is 17.7. The highest BCUT2D eigenvalue weighted by Gasteiger charge is 2.49. The van der Waals surface area contributed by atoms with E-state index < -0.39 is 30.0 Å². The molecule has 0 unspecified atom stereocenters. The molecule has 2 aliphatic rings. The minimum atomic E-state index is -1.57. The SMILES string of the molecule is CC(C)[C@@H]1CC[C@@H](C)C[C@H]1OC(=O)C1=[N+]([O-])O[C@@H]([C@@H](O)c2ccccc2)[C@@H]1O. The maximum Gasteiger partial charge on any atom is 0.408 e. The van der Waals surface area contributed by atoms with Crippen LogP contribution in [0.25, 0.3) is 0 Å². The summed E-state index contributed by atoms with van der Waals surface area (Å²) in [5.74, 6) is 0.107. The summed E-state index contributed by atoms with van der Waals surface area (Å²) in [6, 6.07) is 8.55. The Labute approximate surface area is 165 Å². The second-order valence-electron chi connectivity index (χ2n) is 8.28. The van der Waals surface area contributed by atoms with Crippen molar-refractivity contribution < 1.29 is 29.5 Å². The van der Waals surface area contributed by atoms with Crippen molar-refractivity contribution in [2.45, 2.75) is 64.4 Å². The van der Waals surface area contributed by atoms with Gasteiger partial charge in [-0.25, -0.2) is 4.79 Å². The van der Waals surface area contributed by atoms with Gasteiger partial charge in [0.1, 0.15) is 12.2 Å². The summed E-state index contributed by atoms with van der Waals surface area (Å²) < 4.78 is 5.65. The summed E-state index contributed by atoms with van der Waals surface area (Å²) in [7, 11) is 0. The van der Waals surface area contributed by atoms with Crippen LogP contribution in [0.15, 0.2) is 30.3 Å². The molecule has 28 heavy (non-hydrogen) atoms. The third-order valence-electron chi connectivity index (χ3n) is 5.89. The van der Waals surface area contributed by atoms with Crippen molar-refractivity contribution in [3.8, 4) is 0 Å². The molecule has 154 valence electrons. The molecule has 0 spiro atoms. The van der Waals surface area contributed by atoms with E-state index in [4.69, 9.17) is 9.57 Å². The van der Waals surface area contributed by atoms with Gasteiger partial charge in [0.15, 0.2) is 6.10 Å². The lowest BCUT2D eigenvalue weighted by Crippen LogP contribution is -2.42. The first-order chi connectivity index (χ1) is 13.3. The van der Waals surface area contributed by atoms with Crippen LogP contribution in [0.1, 0.15) is 51.7 Å². The normalized spacial score (nSPS) is 31.6. The van der Waals surface area contributed by atoms with Crippen LogP contribution in [0, 0.1) is 23.0 Å². The molecule has 7 nitrogen and oxygen atoms in total. The van der Waals surface area contributed by atoms with Crippen molar-refractivity contribution in [1.82, 2.24) is 0 Å². The van der Waals surface area contributed by atoms with Crippen LogP contribution in [0.2, 0.25) is 0 Å². The highest BCUT2D eigenvalue weighted by atomic mass is 16.9. The zero-order chi connectivity index (χ0) is 20.4. The molecule has 1 aromatic carbocycles. The van der Waals surface area contributed by atoms with Crippen LogP contribution in [0.5, 0.6) is 0 Å². The van der Waals surface area contributed by atoms with Gasteiger partial charge in [0.25, 0.3) is 0 Å². The van der Waals surface area contributed by atoms with E-state index in [0.29, 0.717) is 17.4 Å². The minimum Gasteiger partial charge on any atom is -0.454 e. The van der Waals surface area contributed by atoms with Gasteiger partial charge >= 0.3 is 11.7 Å². The minimum absolute atomic E-state index is 0.0134. The van der Waals surface area contributed by atoms with Crippen molar-refractivity contribution >= 4 is 11.7 Å². The van der Waals surface area contributed by atoms with Gasteiger partial charge in [0.2, 0.25) is 0 Å². The molecule has 1 heterocycles. The second kappa shape index (κ2) is 8.49. The molecule has 0 saturated heterocycles. The second-order valence-corrected chi connectivity index (χ2v) is 8.28. The fraction of sp³-hybridized carbons (Fsp3) is 0.619. The highest BCUT2D eigenvalue weighted by Crippen LogP contribution is 2.36. The van der Waals surface area contributed by atoms with E-state index in [1.807, 2.05) is 0 Å². The molecule has 0 aromatic heterocycles. The topological polar surface area (TPSA) is 102 Å².